The van der Waals surface area contributed by atoms with Crippen LogP contribution in [0, 0.1) is 0 Å². The van der Waals surface area contributed by atoms with Gasteiger partial charge in [0.05, 0.1) is 6.10 Å². The van der Waals surface area contributed by atoms with Gasteiger partial charge in [-0.25, -0.2) is 0 Å². The lowest BCUT2D eigenvalue weighted by atomic mass is 9.97. The van der Waals surface area contributed by atoms with Gasteiger partial charge >= 0.3 is 0 Å². The van der Waals surface area contributed by atoms with E-state index < -0.39 is 5.34 Å². The highest BCUT2D eigenvalue weighted by Crippen LogP contribution is 2.36. The molecule has 0 radical (unpaired) electrons. The fourth-order valence-electron chi connectivity index (χ4n) is 2.06. The van der Waals surface area contributed by atoms with Gasteiger partial charge in [-0.15, -0.1) is 0 Å². The quantitative estimate of drug-likeness (QED) is 0.645. The molecule has 0 heterocycles. The third-order valence-electron chi connectivity index (χ3n) is 3.21. The number of hydrogen-bond donors (Lipinski definition) is 0. The van der Waals surface area contributed by atoms with Gasteiger partial charge in [0, 0.05) is 0 Å². The van der Waals surface area contributed by atoms with E-state index in [1.165, 1.54) is 19.3 Å². The Hall–Kier alpha value is 0.0600. The normalized spacial score (nSPS) is 20.1. The number of hydrogen-bond acceptors (Lipinski definition) is 2. The van der Waals surface area contributed by atoms with Gasteiger partial charge in [0.1, 0.15) is 5.34 Å². The predicted octanol–water partition coefficient (Wildman–Crippen LogP) is 4.14. The first-order chi connectivity index (χ1) is 6.76. The van der Waals surface area contributed by atoms with Gasteiger partial charge in [0.25, 0.3) is 0 Å². The summed E-state index contributed by atoms with van der Waals surface area (Å²) in [6.45, 7) is 4.11. The van der Waals surface area contributed by atoms with Crippen molar-refractivity contribution in [3.8, 4) is 0 Å². The molecule has 0 spiro atoms. The van der Waals surface area contributed by atoms with Crippen molar-refractivity contribution in [2.24, 2.45) is 0 Å². The van der Waals surface area contributed by atoms with Gasteiger partial charge in [-0.3, -0.25) is 4.57 Å². The first-order valence-electron chi connectivity index (χ1n) is 5.78. The van der Waals surface area contributed by atoms with E-state index in [-0.39, 0.29) is 8.46 Å². The molecule has 0 saturated heterocycles. The third kappa shape index (κ3) is 3.03. The summed E-state index contributed by atoms with van der Waals surface area (Å²) in [7, 11) is 0.155. The van der Waals surface area contributed by atoms with Crippen LogP contribution in [0.1, 0.15) is 58.8 Å². The van der Waals surface area contributed by atoms with Crippen molar-refractivity contribution in [2.45, 2.75) is 70.2 Å². The van der Waals surface area contributed by atoms with Crippen LogP contribution in [0.4, 0.5) is 0 Å². The summed E-state index contributed by atoms with van der Waals surface area (Å²) in [6.07, 6.45) is 8.20. The lowest BCUT2D eigenvalue weighted by Crippen LogP contribution is -2.31. The van der Waals surface area contributed by atoms with Crippen molar-refractivity contribution in [3.63, 3.8) is 0 Å². The van der Waals surface area contributed by atoms with Crippen LogP contribution < -0.4 is 0 Å². The maximum Gasteiger partial charge on any atom is 0.190 e. The predicted molar refractivity (Wildman–Crippen MR) is 58.9 cm³/mol. The Kier molecular flexibility index (Phi) is 5.05. The van der Waals surface area contributed by atoms with Crippen molar-refractivity contribution in [2.75, 3.05) is 0 Å². The van der Waals surface area contributed by atoms with E-state index in [4.69, 9.17) is 4.74 Å². The SMILES string of the molecule is CCC(CC)(OC1CCCCC1)P=O. The van der Waals surface area contributed by atoms with Crippen LogP contribution in [0.5, 0.6) is 0 Å². The van der Waals surface area contributed by atoms with Crippen molar-refractivity contribution < 1.29 is 9.30 Å². The van der Waals surface area contributed by atoms with E-state index in [0.29, 0.717) is 6.10 Å². The molecular formula is C11H21O2P. The van der Waals surface area contributed by atoms with Gasteiger partial charge in [0.15, 0.2) is 8.46 Å². The van der Waals surface area contributed by atoms with Gasteiger partial charge in [-0.2, -0.15) is 0 Å². The molecular weight excluding hydrogens is 195 g/mol. The van der Waals surface area contributed by atoms with Crippen LogP contribution in [0.25, 0.3) is 0 Å². The lowest BCUT2D eigenvalue weighted by Gasteiger charge is -2.32. The molecule has 3 heteroatoms. The zero-order valence-corrected chi connectivity index (χ0v) is 10.2. The van der Waals surface area contributed by atoms with E-state index in [1.54, 1.807) is 0 Å². The third-order valence-corrected chi connectivity index (χ3v) is 4.28. The zero-order valence-electron chi connectivity index (χ0n) is 9.29. The molecule has 0 aromatic heterocycles. The van der Waals surface area contributed by atoms with E-state index in [2.05, 4.69) is 13.8 Å². The molecule has 0 aromatic rings. The second-order valence-corrected chi connectivity index (χ2v) is 5.12. The Labute approximate surface area is 88.6 Å². The standard InChI is InChI=1S/C11H21O2P/c1-3-11(4-2,14-12)13-10-8-6-5-7-9-10/h10H,3-9H2,1-2H3. The largest absolute Gasteiger partial charge is 0.360 e. The summed E-state index contributed by atoms with van der Waals surface area (Å²) < 4.78 is 17.1. The minimum absolute atomic E-state index is 0.155. The fraction of sp³-hybridized carbons (Fsp3) is 1.00. The molecule has 0 bridgehead atoms. The fourth-order valence-corrected chi connectivity index (χ4v) is 2.51. The molecule has 1 rings (SSSR count). The summed E-state index contributed by atoms with van der Waals surface area (Å²) in [6, 6.07) is 0. The maximum absolute atomic E-state index is 11.1. The summed E-state index contributed by atoms with van der Waals surface area (Å²) in [4.78, 5) is 0. The molecule has 1 aliphatic rings. The molecule has 82 valence electrons. The smallest absolute Gasteiger partial charge is 0.190 e. The van der Waals surface area contributed by atoms with Crippen molar-refractivity contribution in [1.82, 2.24) is 0 Å². The highest BCUT2D eigenvalue weighted by molar-refractivity contribution is 7.25. The molecule has 2 nitrogen and oxygen atoms in total. The average Bonchev–Trinajstić information content (AvgIpc) is 2.28. The van der Waals surface area contributed by atoms with Gasteiger partial charge in [0.2, 0.25) is 0 Å². The van der Waals surface area contributed by atoms with Crippen molar-refractivity contribution in [3.05, 3.63) is 0 Å². The van der Waals surface area contributed by atoms with Crippen LogP contribution in [0.3, 0.4) is 0 Å². The molecule has 14 heavy (non-hydrogen) atoms. The minimum atomic E-state index is -0.401. The van der Waals surface area contributed by atoms with Gasteiger partial charge < -0.3 is 4.74 Å². The van der Waals surface area contributed by atoms with Crippen molar-refractivity contribution in [1.29, 1.82) is 0 Å². The summed E-state index contributed by atoms with van der Waals surface area (Å²) in [5, 5.41) is -0.401. The molecule has 0 amide bonds. The van der Waals surface area contributed by atoms with Crippen LogP contribution in [-0.2, 0) is 9.30 Å². The second kappa shape index (κ2) is 5.82. The van der Waals surface area contributed by atoms with Crippen LogP contribution in [0.2, 0.25) is 0 Å². The summed E-state index contributed by atoms with van der Waals surface area (Å²) >= 11 is 0. The maximum atomic E-state index is 11.1. The number of ether oxygens (including phenoxy) is 1. The Bertz CT molecular complexity index is 172. The van der Waals surface area contributed by atoms with Crippen LogP contribution in [0.15, 0.2) is 0 Å². The zero-order chi connectivity index (χ0) is 10.4. The Morgan fingerprint density at radius 3 is 2.21 bits per heavy atom. The Morgan fingerprint density at radius 2 is 1.79 bits per heavy atom. The minimum Gasteiger partial charge on any atom is -0.360 e. The van der Waals surface area contributed by atoms with Crippen LogP contribution >= 0.6 is 8.46 Å². The van der Waals surface area contributed by atoms with Crippen molar-refractivity contribution >= 4 is 8.46 Å². The van der Waals surface area contributed by atoms with E-state index in [1.807, 2.05) is 0 Å². The number of rotatable bonds is 5. The monoisotopic (exact) mass is 216 g/mol. The highest BCUT2D eigenvalue weighted by Gasteiger charge is 2.31. The Balaban J connectivity index is 2.48. The molecule has 0 unspecified atom stereocenters. The molecule has 0 atom stereocenters. The highest BCUT2D eigenvalue weighted by atomic mass is 31.1. The summed E-state index contributed by atoms with van der Waals surface area (Å²) in [5.74, 6) is 0. The molecule has 0 aliphatic heterocycles. The molecule has 0 aromatic carbocycles. The molecule has 1 saturated carbocycles. The lowest BCUT2D eigenvalue weighted by molar-refractivity contribution is -0.0575. The van der Waals surface area contributed by atoms with E-state index in [0.717, 1.165) is 25.7 Å². The molecule has 1 aliphatic carbocycles. The summed E-state index contributed by atoms with van der Waals surface area (Å²) in [5.41, 5.74) is 0. The second-order valence-electron chi connectivity index (χ2n) is 4.12. The van der Waals surface area contributed by atoms with Gasteiger partial charge in [-0.05, 0) is 25.7 Å². The molecule has 0 N–H and O–H groups in total. The average molecular weight is 216 g/mol. The first-order valence-corrected chi connectivity index (χ1v) is 6.60. The topological polar surface area (TPSA) is 26.3 Å². The van der Waals surface area contributed by atoms with E-state index in [9.17, 15) is 4.57 Å². The molecule has 1 fully saturated rings. The van der Waals surface area contributed by atoms with Gasteiger partial charge in [-0.1, -0.05) is 33.1 Å². The Morgan fingerprint density at radius 1 is 1.21 bits per heavy atom. The van der Waals surface area contributed by atoms with E-state index >= 15 is 0 Å². The first kappa shape index (κ1) is 12.1. The van der Waals surface area contributed by atoms with Crippen LogP contribution in [-0.4, -0.2) is 11.4 Å².